The molecule has 0 saturated carbocycles. The molecule has 0 N–H and O–H groups in total. The second-order valence-electron chi connectivity index (χ2n) is 4.48. The third-order valence-corrected chi connectivity index (χ3v) is 5.41. The Morgan fingerprint density at radius 3 is 2.33 bits per heavy atom. The average Bonchev–Trinajstić information content (AvgIpc) is 2.46. The molecule has 0 amide bonds. The highest BCUT2D eigenvalue weighted by atomic mass is 79.9. The van der Waals surface area contributed by atoms with E-state index in [4.69, 9.17) is 6.42 Å². The summed E-state index contributed by atoms with van der Waals surface area (Å²) in [5.41, 5.74) is 1.52. The van der Waals surface area contributed by atoms with Crippen LogP contribution in [0.4, 0.5) is 5.69 Å². The number of aryl methyl sites for hydroxylation is 1. The number of para-hydroxylation sites is 1. The largest absolute Gasteiger partial charge is 0.265 e. The predicted octanol–water partition coefficient (Wildman–Crippen LogP) is 3.59. The lowest BCUT2D eigenvalue weighted by atomic mass is 10.2. The van der Waals surface area contributed by atoms with Crippen LogP contribution in [-0.2, 0) is 10.0 Å². The van der Waals surface area contributed by atoms with Crippen LogP contribution in [0.25, 0.3) is 0 Å². The Morgan fingerprint density at radius 2 is 1.76 bits per heavy atom. The Morgan fingerprint density at radius 1 is 1.14 bits per heavy atom. The quantitative estimate of drug-likeness (QED) is 0.778. The minimum atomic E-state index is -3.69. The predicted molar refractivity (Wildman–Crippen MR) is 88.7 cm³/mol. The Labute approximate surface area is 133 Å². The van der Waals surface area contributed by atoms with E-state index in [0.29, 0.717) is 10.2 Å². The minimum absolute atomic E-state index is 0.0289. The van der Waals surface area contributed by atoms with E-state index in [1.54, 1.807) is 42.5 Å². The molecule has 0 fully saturated rings. The van der Waals surface area contributed by atoms with Gasteiger partial charge in [0.1, 0.15) is 0 Å². The maximum absolute atomic E-state index is 12.8. The zero-order chi connectivity index (χ0) is 15.5. The monoisotopic (exact) mass is 363 g/mol. The normalized spacial score (nSPS) is 10.9. The number of hydrogen-bond acceptors (Lipinski definition) is 2. The molecule has 21 heavy (non-hydrogen) atoms. The maximum Gasteiger partial charge on any atom is 0.265 e. The Hall–Kier alpha value is -1.77. The Bertz CT molecular complexity index is 777. The summed E-state index contributed by atoms with van der Waals surface area (Å²) in [6, 6.07) is 13.8. The van der Waals surface area contributed by atoms with Crippen molar-refractivity contribution < 1.29 is 8.42 Å². The van der Waals surface area contributed by atoms with Crippen LogP contribution in [-0.4, -0.2) is 15.0 Å². The van der Waals surface area contributed by atoms with E-state index in [1.807, 2.05) is 13.0 Å². The summed E-state index contributed by atoms with van der Waals surface area (Å²) in [6.45, 7) is 1.88. The van der Waals surface area contributed by atoms with Crippen molar-refractivity contribution in [1.82, 2.24) is 0 Å². The summed E-state index contributed by atoms with van der Waals surface area (Å²) in [6.07, 6.45) is 5.34. The van der Waals surface area contributed by atoms with Crippen LogP contribution in [0.3, 0.4) is 0 Å². The van der Waals surface area contributed by atoms with Gasteiger partial charge in [0.05, 0.1) is 17.1 Å². The van der Waals surface area contributed by atoms with Crippen LogP contribution in [0, 0.1) is 19.3 Å². The van der Waals surface area contributed by atoms with E-state index in [0.717, 1.165) is 5.56 Å². The van der Waals surface area contributed by atoms with Crippen molar-refractivity contribution in [3.05, 3.63) is 58.6 Å². The zero-order valence-corrected chi connectivity index (χ0v) is 13.9. The summed E-state index contributed by atoms with van der Waals surface area (Å²) in [5, 5.41) is 0. The average molecular weight is 364 g/mol. The molecular formula is C16H14BrNO2S. The van der Waals surface area contributed by atoms with Crippen LogP contribution in [0.1, 0.15) is 5.56 Å². The van der Waals surface area contributed by atoms with E-state index in [-0.39, 0.29) is 11.4 Å². The highest BCUT2D eigenvalue weighted by Crippen LogP contribution is 2.30. The molecule has 108 valence electrons. The lowest BCUT2D eigenvalue weighted by Gasteiger charge is -2.23. The SMILES string of the molecule is C#CCN(c1ccccc1Br)S(=O)(=O)c1ccc(C)cc1. The van der Waals surface area contributed by atoms with Gasteiger partial charge in [-0.05, 0) is 47.1 Å². The minimum Gasteiger partial charge on any atom is -0.253 e. The second-order valence-corrected chi connectivity index (χ2v) is 7.20. The van der Waals surface area contributed by atoms with Crippen molar-refractivity contribution in [3.8, 4) is 12.3 Å². The Balaban J connectivity index is 2.55. The molecule has 0 aliphatic carbocycles. The van der Waals surface area contributed by atoms with Gasteiger partial charge in [0.2, 0.25) is 0 Å². The first-order valence-corrected chi connectivity index (χ1v) is 8.47. The van der Waals surface area contributed by atoms with Gasteiger partial charge in [-0.1, -0.05) is 35.7 Å². The van der Waals surface area contributed by atoms with Crippen LogP contribution in [0.2, 0.25) is 0 Å². The molecule has 0 radical (unpaired) electrons. The molecule has 0 aliphatic heterocycles. The van der Waals surface area contributed by atoms with Crippen molar-refractivity contribution in [2.24, 2.45) is 0 Å². The van der Waals surface area contributed by atoms with Gasteiger partial charge in [-0.3, -0.25) is 4.31 Å². The molecule has 5 heteroatoms. The summed E-state index contributed by atoms with van der Waals surface area (Å²) in [5.74, 6) is 2.41. The topological polar surface area (TPSA) is 37.4 Å². The first kappa shape index (κ1) is 15.6. The van der Waals surface area contributed by atoms with Crippen LogP contribution < -0.4 is 4.31 Å². The molecular weight excluding hydrogens is 350 g/mol. The third kappa shape index (κ3) is 3.29. The maximum atomic E-state index is 12.8. The number of halogens is 1. The molecule has 2 aromatic carbocycles. The highest BCUT2D eigenvalue weighted by Gasteiger charge is 2.25. The summed E-state index contributed by atoms with van der Waals surface area (Å²) >= 11 is 3.37. The van der Waals surface area contributed by atoms with E-state index in [9.17, 15) is 8.42 Å². The lowest BCUT2D eigenvalue weighted by molar-refractivity contribution is 0.593. The number of sulfonamides is 1. The van der Waals surface area contributed by atoms with Crippen molar-refractivity contribution in [2.75, 3.05) is 10.8 Å². The molecule has 2 aromatic rings. The number of hydrogen-bond donors (Lipinski definition) is 0. The highest BCUT2D eigenvalue weighted by molar-refractivity contribution is 9.10. The van der Waals surface area contributed by atoms with Crippen LogP contribution in [0.15, 0.2) is 57.9 Å². The summed E-state index contributed by atoms with van der Waals surface area (Å²) in [7, 11) is -3.69. The molecule has 3 nitrogen and oxygen atoms in total. The van der Waals surface area contributed by atoms with Crippen LogP contribution in [0.5, 0.6) is 0 Å². The van der Waals surface area contributed by atoms with E-state index < -0.39 is 10.0 Å². The molecule has 0 aromatic heterocycles. The number of anilines is 1. The van der Waals surface area contributed by atoms with Gasteiger partial charge < -0.3 is 0 Å². The van der Waals surface area contributed by atoms with Gasteiger partial charge in [-0.25, -0.2) is 8.42 Å². The fraction of sp³-hybridized carbons (Fsp3) is 0.125. The number of benzene rings is 2. The van der Waals surface area contributed by atoms with Crippen molar-refractivity contribution in [2.45, 2.75) is 11.8 Å². The Kier molecular flexibility index (Phi) is 4.71. The van der Waals surface area contributed by atoms with Gasteiger partial charge in [-0.15, -0.1) is 6.42 Å². The van der Waals surface area contributed by atoms with Crippen molar-refractivity contribution in [1.29, 1.82) is 0 Å². The molecule has 0 saturated heterocycles. The van der Waals surface area contributed by atoms with Crippen molar-refractivity contribution in [3.63, 3.8) is 0 Å². The fourth-order valence-corrected chi connectivity index (χ4v) is 3.89. The van der Waals surface area contributed by atoms with Crippen molar-refractivity contribution >= 4 is 31.6 Å². The standard InChI is InChI=1S/C16H14BrNO2S/c1-3-12-18(16-7-5-4-6-15(16)17)21(19,20)14-10-8-13(2)9-11-14/h1,4-11H,12H2,2H3. The first-order chi connectivity index (χ1) is 9.96. The summed E-state index contributed by atoms with van der Waals surface area (Å²) < 4.78 is 27.5. The fourth-order valence-electron chi connectivity index (χ4n) is 1.87. The van der Waals surface area contributed by atoms with E-state index >= 15 is 0 Å². The van der Waals surface area contributed by atoms with Gasteiger partial charge in [0, 0.05) is 4.47 Å². The smallest absolute Gasteiger partial charge is 0.253 e. The van der Waals surface area contributed by atoms with E-state index in [2.05, 4.69) is 21.9 Å². The van der Waals surface area contributed by atoms with Gasteiger partial charge in [-0.2, -0.15) is 0 Å². The zero-order valence-electron chi connectivity index (χ0n) is 11.5. The van der Waals surface area contributed by atoms with Crippen LogP contribution >= 0.6 is 15.9 Å². The van der Waals surface area contributed by atoms with Gasteiger partial charge >= 0.3 is 0 Å². The summed E-state index contributed by atoms with van der Waals surface area (Å²) in [4.78, 5) is 0.221. The molecule has 0 unspecified atom stereocenters. The molecule has 0 atom stereocenters. The first-order valence-electron chi connectivity index (χ1n) is 6.24. The van der Waals surface area contributed by atoms with Gasteiger partial charge in [0.25, 0.3) is 10.0 Å². The van der Waals surface area contributed by atoms with Gasteiger partial charge in [0.15, 0.2) is 0 Å². The lowest BCUT2D eigenvalue weighted by Crippen LogP contribution is -2.31. The van der Waals surface area contributed by atoms with E-state index in [1.165, 1.54) is 4.31 Å². The third-order valence-electron chi connectivity index (χ3n) is 2.97. The molecule has 0 heterocycles. The molecule has 0 spiro atoms. The molecule has 0 bridgehead atoms. The number of terminal acetylenes is 1. The molecule has 0 aliphatic rings. The molecule has 2 rings (SSSR count). The number of rotatable bonds is 4. The second kappa shape index (κ2) is 6.33. The number of nitrogens with zero attached hydrogens (tertiary/aromatic N) is 1.